The van der Waals surface area contributed by atoms with Crippen LogP contribution in [0.3, 0.4) is 0 Å². The van der Waals surface area contributed by atoms with Gasteiger partial charge in [0, 0.05) is 11.8 Å². The Labute approximate surface area is 110 Å². The molecule has 2 aromatic heterocycles. The van der Waals surface area contributed by atoms with E-state index in [2.05, 4.69) is 15.0 Å². The van der Waals surface area contributed by atoms with E-state index in [9.17, 15) is 0 Å². The molecule has 0 amide bonds. The zero-order chi connectivity index (χ0) is 13.0. The molecule has 0 saturated heterocycles. The van der Waals surface area contributed by atoms with Gasteiger partial charge in [0.1, 0.15) is 17.8 Å². The third-order valence-corrected chi connectivity index (χ3v) is 2.53. The van der Waals surface area contributed by atoms with Crippen molar-refractivity contribution in [3.05, 3.63) is 29.9 Å². The van der Waals surface area contributed by atoms with Crippen molar-refractivity contribution in [1.82, 2.24) is 15.0 Å². The third kappa shape index (κ3) is 2.51. The molecule has 0 fully saturated rings. The van der Waals surface area contributed by atoms with E-state index in [1.165, 1.54) is 13.4 Å². The molecule has 0 aromatic carbocycles. The van der Waals surface area contributed by atoms with Gasteiger partial charge in [0.15, 0.2) is 10.9 Å². The summed E-state index contributed by atoms with van der Waals surface area (Å²) in [6.45, 7) is 2.49. The second-order valence-corrected chi connectivity index (χ2v) is 3.75. The number of nitrogens with zero attached hydrogens (tertiary/aromatic N) is 3. The summed E-state index contributed by atoms with van der Waals surface area (Å²) in [5.74, 6) is 1.10. The number of halogens is 1. The lowest BCUT2D eigenvalue weighted by molar-refractivity contribution is 0.339. The van der Waals surface area contributed by atoms with Crippen LogP contribution in [0.1, 0.15) is 6.92 Å². The van der Waals surface area contributed by atoms with E-state index >= 15 is 0 Å². The zero-order valence-corrected chi connectivity index (χ0v) is 10.8. The maximum atomic E-state index is 5.95. The smallest absolute Gasteiger partial charge is 0.182 e. The molecular weight excluding hydrogens is 254 g/mol. The van der Waals surface area contributed by atoms with Crippen LogP contribution in [0.15, 0.2) is 24.8 Å². The van der Waals surface area contributed by atoms with Gasteiger partial charge in [-0.3, -0.25) is 4.98 Å². The number of methoxy groups -OCH3 is 1. The van der Waals surface area contributed by atoms with Gasteiger partial charge in [0.25, 0.3) is 0 Å². The van der Waals surface area contributed by atoms with Crippen LogP contribution in [0.2, 0.25) is 5.15 Å². The summed E-state index contributed by atoms with van der Waals surface area (Å²) in [7, 11) is 1.52. The highest BCUT2D eigenvalue weighted by atomic mass is 35.5. The Balaban J connectivity index is 2.48. The molecule has 0 saturated carbocycles. The summed E-state index contributed by atoms with van der Waals surface area (Å²) in [5, 5.41) is 0.268. The molecule has 0 atom stereocenters. The van der Waals surface area contributed by atoms with Crippen LogP contribution < -0.4 is 9.47 Å². The van der Waals surface area contributed by atoms with Crippen molar-refractivity contribution in [2.24, 2.45) is 0 Å². The number of hydrogen-bond donors (Lipinski definition) is 0. The number of ether oxygens (including phenoxy) is 2. The molecule has 18 heavy (non-hydrogen) atoms. The molecule has 2 rings (SSSR count). The summed E-state index contributed by atoms with van der Waals surface area (Å²) in [6, 6.07) is 1.83. The quantitative estimate of drug-likeness (QED) is 0.796. The Morgan fingerprint density at radius 1 is 1.28 bits per heavy atom. The first-order valence-corrected chi connectivity index (χ1v) is 5.76. The third-order valence-electron chi connectivity index (χ3n) is 2.26. The highest BCUT2D eigenvalue weighted by Gasteiger charge is 2.13. The Hall–Kier alpha value is -1.88. The van der Waals surface area contributed by atoms with Crippen molar-refractivity contribution in [2.45, 2.75) is 6.92 Å². The van der Waals surface area contributed by atoms with Crippen molar-refractivity contribution in [2.75, 3.05) is 13.7 Å². The standard InChI is InChI=1S/C12H12ClN3O2/c1-3-18-9-4-8(5-14-6-9)10-11(17-2)12(13)16-7-15-10/h4-7H,3H2,1-2H3. The number of pyridine rings is 1. The van der Waals surface area contributed by atoms with Crippen LogP contribution >= 0.6 is 11.6 Å². The number of aromatic nitrogens is 3. The van der Waals surface area contributed by atoms with Crippen LogP contribution in [0.25, 0.3) is 11.3 Å². The Morgan fingerprint density at radius 3 is 2.83 bits per heavy atom. The molecule has 0 aliphatic rings. The predicted octanol–water partition coefficient (Wildman–Crippen LogP) is 2.60. The summed E-state index contributed by atoms with van der Waals surface area (Å²) >= 11 is 5.95. The summed E-state index contributed by atoms with van der Waals surface area (Å²) in [5.41, 5.74) is 1.36. The van der Waals surface area contributed by atoms with Gasteiger partial charge in [0.05, 0.1) is 19.9 Å². The lowest BCUT2D eigenvalue weighted by atomic mass is 10.2. The molecule has 5 nitrogen and oxygen atoms in total. The van der Waals surface area contributed by atoms with E-state index in [0.29, 0.717) is 23.8 Å². The maximum absolute atomic E-state index is 5.95. The van der Waals surface area contributed by atoms with E-state index < -0.39 is 0 Å². The fourth-order valence-electron chi connectivity index (χ4n) is 1.53. The van der Waals surface area contributed by atoms with Gasteiger partial charge in [-0.1, -0.05) is 11.6 Å². The molecular formula is C12H12ClN3O2. The highest BCUT2D eigenvalue weighted by Crippen LogP contribution is 2.33. The first-order chi connectivity index (χ1) is 8.76. The Morgan fingerprint density at radius 2 is 2.11 bits per heavy atom. The lowest BCUT2D eigenvalue weighted by Crippen LogP contribution is -1.96. The number of hydrogen-bond acceptors (Lipinski definition) is 5. The Kier molecular flexibility index (Phi) is 3.94. The van der Waals surface area contributed by atoms with E-state index in [0.717, 1.165) is 5.56 Å². The zero-order valence-electron chi connectivity index (χ0n) is 10.1. The first kappa shape index (κ1) is 12.6. The van der Waals surface area contributed by atoms with E-state index in [4.69, 9.17) is 21.1 Å². The van der Waals surface area contributed by atoms with Crippen molar-refractivity contribution < 1.29 is 9.47 Å². The minimum atomic E-state index is 0.268. The Bertz CT molecular complexity index is 549. The topological polar surface area (TPSA) is 57.1 Å². The van der Waals surface area contributed by atoms with Crippen LogP contribution in [-0.2, 0) is 0 Å². The van der Waals surface area contributed by atoms with Crippen molar-refractivity contribution >= 4 is 11.6 Å². The van der Waals surface area contributed by atoms with Crippen LogP contribution in [0, 0.1) is 0 Å². The minimum absolute atomic E-state index is 0.268. The molecule has 0 spiro atoms. The van der Waals surface area contributed by atoms with Crippen LogP contribution in [0.4, 0.5) is 0 Å². The summed E-state index contributed by atoms with van der Waals surface area (Å²) in [6.07, 6.45) is 4.69. The first-order valence-electron chi connectivity index (χ1n) is 5.39. The molecule has 0 unspecified atom stereocenters. The minimum Gasteiger partial charge on any atom is -0.492 e. The number of rotatable bonds is 4. The molecule has 0 bridgehead atoms. The van der Waals surface area contributed by atoms with Gasteiger partial charge < -0.3 is 9.47 Å². The fourth-order valence-corrected chi connectivity index (χ4v) is 1.74. The predicted molar refractivity (Wildman–Crippen MR) is 68.0 cm³/mol. The maximum Gasteiger partial charge on any atom is 0.182 e. The monoisotopic (exact) mass is 265 g/mol. The van der Waals surface area contributed by atoms with Gasteiger partial charge in [-0.15, -0.1) is 0 Å². The van der Waals surface area contributed by atoms with Crippen molar-refractivity contribution in [3.63, 3.8) is 0 Å². The molecule has 0 N–H and O–H groups in total. The molecule has 6 heteroatoms. The summed E-state index contributed by atoms with van der Waals surface area (Å²) < 4.78 is 10.6. The second kappa shape index (κ2) is 5.64. The lowest BCUT2D eigenvalue weighted by Gasteiger charge is -2.09. The molecule has 94 valence electrons. The SMILES string of the molecule is CCOc1cncc(-c2ncnc(Cl)c2OC)c1. The molecule has 2 heterocycles. The van der Waals surface area contributed by atoms with Gasteiger partial charge in [0.2, 0.25) is 0 Å². The van der Waals surface area contributed by atoms with Crippen molar-refractivity contribution in [3.8, 4) is 22.8 Å². The summed E-state index contributed by atoms with van der Waals surface area (Å²) in [4.78, 5) is 12.1. The normalized spacial score (nSPS) is 10.2. The second-order valence-electron chi connectivity index (χ2n) is 3.39. The molecule has 0 aliphatic heterocycles. The van der Waals surface area contributed by atoms with E-state index in [1.807, 2.05) is 13.0 Å². The van der Waals surface area contributed by atoms with Crippen molar-refractivity contribution in [1.29, 1.82) is 0 Å². The van der Waals surface area contributed by atoms with Gasteiger partial charge >= 0.3 is 0 Å². The largest absolute Gasteiger partial charge is 0.492 e. The molecule has 2 aromatic rings. The average Bonchev–Trinajstić information content (AvgIpc) is 2.39. The fraction of sp³-hybridized carbons (Fsp3) is 0.250. The van der Waals surface area contributed by atoms with Crippen LogP contribution in [0.5, 0.6) is 11.5 Å². The van der Waals surface area contributed by atoms with Gasteiger partial charge in [-0.25, -0.2) is 9.97 Å². The highest BCUT2D eigenvalue weighted by molar-refractivity contribution is 6.31. The molecule has 0 aliphatic carbocycles. The van der Waals surface area contributed by atoms with Gasteiger partial charge in [-0.05, 0) is 13.0 Å². The van der Waals surface area contributed by atoms with Gasteiger partial charge in [-0.2, -0.15) is 0 Å². The average molecular weight is 266 g/mol. The molecule has 0 radical (unpaired) electrons. The van der Waals surface area contributed by atoms with E-state index in [-0.39, 0.29) is 5.15 Å². The van der Waals surface area contributed by atoms with E-state index in [1.54, 1.807) is 12.4 Å². The van der Waals surface area contributed by atoms with Crippen LogP contribution in [-0.4, -0.2) is 28.7 Å².